The molecule has 20 heavy (non-hydrogen) atoms. The molecule has 1 aromatic heterocycles. The van der Waals surface area contributed by atoms with Crippen molar-refractivity contribution in [2.24, 2.45) is 0 Å². The second-order valence-electron chi connectivity index (χ2n) is 4.58. The molecule has 0 amide bonds. The summed E-state index contributed by atoms with van der Waals surface area (Å²) in [5, 5.41) is 0. The van der Waals surface area contributed by atoms with Gasteiger partial charge in [0.2, 0.25) is 0 Å². The highest BCUT2D eigenvalue weighted by Gasteiger charge is 2.31. The first kappa shape index (κ1) is 14.7. The predicted molar refractivity (Wildman–Crippen MR) is 71.5 cm³/mol. The van der Waals surface area contributed by atoms with Crippen molar-refractivity contribution in [3.05, 3.63) is 51.4 Å². The van der Waals surface area contributed by atoms with Gasteiger partial charge in [-0.3, -0.25) is 0 Å². The molecule has 0 saturated heterocycles. The predicted octanol–water partition coefficient (Wildman–Crippen LogP) is 5.19. The Labute approximate surface area is 118 Å². The highest BCUT2D eigenvalue weighted by Crippen LogP contribution is 2.33. The van der Waals surface area contributed by atoms with Crippen molar-refractivity contribution in [1.82, 2.24) is 4.98 Å². The summed E-state index contributed by atoms with van der Waals surface area (Å²) < 4.78 is 52.3. The van der Waals surface area contributed by atoms with Gasteiger partial charge in [-0.1, -0.05) is 18.3 Å². The minimum atomic E-state index is -4.52. The van der Waals surface area contributed by atoms with Gasteiger partial charge in [-0.05, 0) is 43.2 Å². The lowest BCUT2D eigenvalue weighted by atomic mass is 10.0. The van der Waals surface area contributed by atoms with Crippen LogP contribution < -0.4 is 0 Å². The number of halogens is 4. The standard InChI is InChI=1S/C14H11F4NS/c1-7-3-8(2)13(10(15)4-7)11-5-9(14(16,17)18)6-12(20)19-11/h3-6H,1-2H3,(H,19,20). The molecule has 0 aliphatic heterocycles. The molecule has 106 valence electrons. The highest BCUT2D eigenvalue weighted by atomic mass is 32.1. The van der Waals surface area contributed by atoms with E-state index in [1.165, 1.54) is 6.07 Å². The summed E-state index contributed by atoms with van der Waals surface area (Å²) in [5.41, 5.74) is 0.491. The number of pyridine rings is 1. The summed E-state index contributed by atoms with van der Waals surface area (Å²) in [6.45, 7) is 3.36. The van der Waals surface area contributed by atoms with Gasteiger partial charge >= 0.3 is 6.18 Å². The summed E-state index contributed by atoms with van der Waals surface area (Å²) in [5.74, 6) is -0.576. The molecule has 2 rings (SSSR count). The van der Waals surface area contributed by atoms with Crippen molar-refractivity contribution in [1.29, 1.82) is 0 Å². The summed E-state index contributed by atoms with van der Waals surface area (Å²) in [6.07, 6.45) is -4.52. The van der Waals surface area contributed by atoms with Crippen LogP contribution in [0.25, 0.3) is 11.3 Å². The van der Waals surface area contributed by atoms with Gasteiger partial charge in [0, 0.05) is 5.56 Å². The first-order chi connectivity index (χ1) is 9.18. The van der Waals surface area contributed by atoms with E-state index in [2.05, 4.69) is 4.98 Å². The van der Waals surface area contributed by atoms with Crippen LogP contribution >= 0.6 is 12.2 Å². The maximum absolute atomic E-state index is 14.0. The van der Waals surface area contributed by atoms with Crippen molar-refractivity contribution in [2.45, 2.75) is 20.0 Å². The number of nitrogens with one attached hydrogen (secondary N) is 1. The summed E-state index contributed by atoms with van der Waals surface area (Å²) in [7, 11) is 0. The van der Waals surface area contributed by atoms with Crippen molar-refractivity contribution in [3.63, 3.8) is 0 Å². The Balaban J connectivity index is 2.71. The molecule has 0 radical (unpaired) electrons. The molecule has 1 nitrogen and oxygen atoms in total. The van der Waals surface area contributed by atoms with Crippen molar-refractivity contribution >= 4 is 12.2 Å². The second kappa shape index (κ2) is 5.01. The van der Waals surface area contributed by atoms with Gasteiger partial charge in [-0.25, -0.2) is 4.39 Å². The maximum Gasteiger partial charge on any atom is 0.416 e. The molecule has 6 heteroatoms. The van der Waals surface area contributed by atoms with Crippen LogP contribution in [0.3, 0.4) is 0 Å². The average molecular weight is 301 g/mol. The van der Waals surface area contributed by atoms with Crippen LogP contribution in [0.1, 0.15) is 16.7 Å². The smallest absolute Gasteiger partial charge is 0.346 e. The molecule has 0 unspecified atom stereocenters. The van der Waals surface area contributed by atoms with Gasteiger partial charge in [-0.15, -0.1) is 0 Å². The topological polar surface area (TPSA) is 15.8 Å². The van der Waals surface area contributed by atoms with Gasteiger partial charge in [-0.2, -0.15) is 13.2 Å². The molecule has 1 heterocycles. The highest BCUT2D eigenvalue weighted by molar-refractivity contribution is 7.71. The SMILES string of the molecule is Cc1cc(C)c(-c2cc(C(F)(F)F)cc(=S)[nH]2)c(F)c1. The maximum atomic E-state index is 14.0. The Morgan fingerprint density at radius 3 is 2.25 bits per heavy atom. The monoisotopic (exact) mass is 301 g/mol. The van der Waals surface area contributed by atoms with E-state index in [9.17, 15) is 17.6 Å². The zero-order valence-electron chi connectivity index (χ0n) is 10.7. The molecule has 0 saturated carbocycles. The Hall–Kier alpha value is -1.69. The number of hydrogen-bond acceptors (Lipinski definition) is 1. The van der Waals surface area contributed by atoms with Crippen LogP contribution in [-0.2, 0) is 6.18 Å². The number of alkyl halides is 3. The molecule has 0 aliphatic carbocycles. The quantitative estimate of drug-likeness (QED) is 0.566. The van der Waals surface area contributed by atoms with Crippen LogP contribution in [0, 0.1) is 24.3 Å². The average Bonchev–Trinajstić information content (AvgIpc) is 2.25. The van der Waals surface area contributed by atoms with Gasteiger partial charge in [0.05, 0.1) is 11.3 Å². The van der Waals surface area contributed by atoms with Gasteiger partial charge in [0.1, 0.15) is 10.5 Å². The molecule has 0 aliphatic rings. The Morgan fingerprint density at radius 1 is 1.05 bits per heavy atom. The van der Waals surface area contributed by atoms with E-state index in [1.807, 2.05) is 0 Å². The van der Waals surface area contributed by atoms with E-state index in [4.69, 9.17) is 12.2 Å². The Bertz CT molecular complexity index is 693. The Kier molecular flexibility index (Phi) is 3.69. The van der Waals surface area contributed by atoms with Crippen LogP contribution in [-0.4, -0.2) is 4.98 Å². The van der Waals surface area contributed by atoms with Crippen LogP contribution in [0.5, 0.6) is 0 Å². The van der Waals surface area contributed by atoms with Crippen LogP contribution in [0.4, 0.5) is 17.6 Å². The van der Waals surface area contributed by atoms with E-state index in [-0.39, 0.29) is 15.9 Å². The normalized spacial score (nSPS) is 11.7. The number of hydrogen-bond donors (Lipinski definition) is 1. The molecule has 1 aromatic carbocycles. The lowest BCUT2D eigenvalue weighted by Gasteiger charge is -2.12. The third-order valence-corrected chi connectivity index (χ3v) is 3.09. The minimum absolute atomic E-state index is 0.0276. The molecule has 2 aromatic rings. The molecule has 0 fully saturated rings. The number of benzene rings is 1. The molecule has 0 bridgehead atoms. The third-order valence-electron chi connectivity index (χ3n) is 2.87. The van der Waals surface area contributed by atoms with Gasteiger partial charge in [0.15, 0.2) is 0 Å². The largest absolute Gasteiger partial charge is 0.416 e. The van der Waals surface area contributed by atoms with E-state index in [1.54, 1.807) is 19.9 Å². The number of aromatic nitrogens is 1. The Morgan fingerprint density at radius 2 is 1.70 bits per heavy atom. The van der Waals surface area contributed by atoms with Crippen molar-refractivity contribution in [3.8, 4) is 11.3 Å². The lowest BCUT2D eigenvalue weighted by Crippen LogP contribution is -2.06. The summed E-state index contributed by atoms with van der Waals surface area (Å²) in [6, 6.07) is 4.67. The summed E-state index contributed by atoms with van der Waals surface area (Å²) in [4.78, 5) is 2.61. The van der Waals surface area contributed by atoms with Crippen LogP contribution in [0.2, 0.25) is 0 Å². The van der Waals surface area contributed by atoms with E-state index >= 15 is 0 Å². The van der Waals surface area contributed by atoms with Gasteiger partial charge < -0.3 is 4.98 Å². The molecular formula is C14H11F4NS. The zero-order chi connectivity index (χ0) is 15.1. The number of aromatic amines is 1. The first-order valence-electron chi connectivity index (χ1n) is 5.77. The zero-order valence-corrected chi connectivity index (χ0v) is 11.5. The van der Waals surface area contributed by atoms with Gasteiger partial charge in [0.25, 0.3) is 0 Å². The second-order valence-corrected chi connectivity index (χ2v) is 5.02. The van der Waals surface area contributed by atoms with Crippen LogP contribution in [0.15, 0.2) is 24.3 Å². The fraction of sp³-hybridized carbons (Fsp3) is 0.214. The van der Waals surface area contributed by atoms with E-state index in [0.717, 1.165) is 12.1 Å². The molecule has 1 N–H and O–H groups in total. The van der Waals surface area contributed by atoms with E-state index in [0.29, 0.717) is 11.1 Å². The van der Waals surface area contributed by atoms with Crippen molar-refractivity contribution in [2.75, 3.05) is 0 Å². The summed E-state index contributed by atoms with van der Waals surface area (Å²) >= 11 is 4.79. The molecule has 0 spiro atoms. The van der Waals surface area contributed by atoms with E-state index < -0.39 is 17.6 Å². The number of rotatable bonds is 1. The minimum Gasteiger partial charge on any atom is -0.346 e. The number of H-pyrrole nitrogens is 1. The fourth-order valence-electron chi connectivity index (χ4n) is 2.10. The molecular weight excluding hydrogens is 290 g/mol. The molecule has 0 atom stereocenters. The first-order valence-corrected chi connectivity index (χ1v) is 6.18. The van der Waals surface area contributed by atoms with Crippen molar-refractivity contribution < 1.29 is 17.6 Å². The number of aryl methyl sites for hydroxylation is 2. The lowest BCUT2D eigenvalue weighted by molar-refractivity contribution is -0.137. The fourth-order valence-corrected chi connectivity index (χ4v) is 2.34. The third kappa shape index (κ3) is 2.90.